The minimum atomic E-state index is -0.502. The van der Waals surface area contributed by atoms with Gasteiger partial charge in [0.2, 0.25) is 5.91 Å². The summed E-state index contributed by atoms with van der Waals surface area (Å²) in [4.78, 5) is 22.5. The van der Waals surface area contributed by atoms with E-state index >= 15 is 0 Å². The van der Waals surface area contributed by atoms with Gasteiger partial charge in [0.05, 0.1) is 12.8 Å². The molecule has 0 aliphatic carbocycles. The lowest BCUT2D eigenvalue weighted by Crippen LogP contribution is -2.14. The van der Waals surface area contributed by atoms with Gasteiger partial charge in [-0.05, 0) is 6.92 Å². The van der Waals surface area contributed by atoms with E-state index in [-0.39, 0.29) is 23.9 Å². The van der Waals surface area contributed by atoms with Gasteiger partial charge in [-0.1, -0.05) is 6.92 Å². The number of ether oxygens (including phenoxy) is 1. The molecular weight excluding hydrogens is 198 g/mol. The molecule has 2 N–H and O–H groups in total. The number of esters is 1. The third kappa shape index (κ3) is 2.80. The summed E-state index contributed by atoms with van der Waals surface area (Å²) in [5, 5.41) is 8.72. The number of hydrogen-bond acceptors (Lipinski definition) is 4. The highest BCUT2D eigenvalue weighted by Gasteiger charge is 2.15. The minimum absolute atomic E-state index is 0.190. The number of carbonyl (C=O) groups excluding carboxylic acids is 2. The molecule has 0 fully saturated rings. The number of carbonyl (C=O) groups is 2. The van der Waals surface area contributed by atoms with Gasteiger partial charge in [-0.3, -0.25) is 9.89 Å². The fourth-order valence-corrected chi connectivity index (χ4v) is 0.973. The molecule has 1 aromatic heterocycles. The van der Waals surface area contributed by atoms with Gasteiger partial charge in [0.1, 0.15) is 11.4 Å². The Bertz CT molecular complexity index is 359. The van der Waals surface area contributed by atoms with Crippen molar-refractivity contribution in [1.82, 2.24) is 10.2 Å². The minimum Gasteiger partial charge on any atom is -0.462 e. The number of H-pyrrole nitrogens is 1. The van der Waals surface area contributed by atoms with Crippen molar-refractivity contribution in [3.8, 4) is 0 Å². The Morgan fingerprint density at radius 2 is 2.27 bits per heavy atom. The number of nitrogens with one attached hydrogen (secondary N) is 2. The first-order chi connectivity index (χ1) is 7.19. The Labute approximate surface area is 87.0 Å². The third-order valence-corrected chi connectivity index (χ3v) is 1.72. The quantitative estimate of drug-likeness (QED) is 0.726. The number of rotatable bonds is 4. The molecule has 1 aromatic rings. The predicted molar refractivity (Wildman–Crippen MR) is 53.5 cm³/mol. The standard InChI is InChI=1S/C9H13N3O3/c1-3-7(13)11-8-6(5-10-12-8)9(14)15-4-2/h5H,3-4H2,1-2H3,(H2,10,11,12,13). The maximum atomic E-state index is 11.4. The second-order valence-electron chi connectivity index (χ2n) is 2.78. The van der Waals surface area contributed by atoms with Crippen LogP contribution in [0.2, 0.25) is 0 Å². The monoisotopic (exact) mass is 211 g/mol. The zero-order chi connectivity index (χ0) is 11.3. The summed E-state index contributed by atoms with van der Waals surface area (Å²) < 4.78 is 4.79. The molecule has 6 heteroatoms. The fraction of sp³-hybridized carbons (Fsp3) is 0.444. The lowest BCUT2D eigenvalue weighted by Gasteiger charge is -2.03. The summed E-state index contributed by atoms with van der Waals surface area (Å²) in [6.07, 6.45) is 1.66. The van der Waals surface area contributed by atoms with Crippen molar-refractivity contribution in [1.29, 1.82) is 0 Å². The maximum Gasteiger partial charge on any atom is 0.343 e. The summed E-state index contributed by atoms with van der Waals surface area (Å²) in [6.45, 7) is 3.71. The summed E-state index contributed by atoms with van der Waals surface area (Å²) in [5.74, 6) is -0.414. The van der Waals surface area contributed by atoms with Crippen LogP contribution in [-0.4, -0.2) is 28.7 Å². The molecule has 0 spiro atoms. The van der Waals surface area contributed by atoms with Crippen LogP contribution in [0.25, 0.3) is 0 Å². The molecule has 15 heavy (non-hydrogen) atoms. The van der Waals surface area contributed by atoms with Gasteiger partial charge < -0.3 is 10.1 Å². The molecule has 0 saturated carbocycles. The van der Waals surface area contributed by atoms with Crippen molar-refractivity contribution >= 4 is 17.7 Å². The fourth-order valence-electron chi connectivity index (χ4n) is 0.973. The number of anilines is 1. The molecule has 0 aliphatic rings. The van der Waals surface area contributed by atoms with Crippen molar-refractivity contribution in [3.63, 3.8) is 0 Å². The first-order valence-electron chi connectivity index (χ1n) is 4.69. The van der Waals surface area contributed by atoms with Gasteiger partial charge in [-0.25, -0.2) is 4.79 Å². The molecule has 0 saturated heterocycles. The van der Waals surface area contributed by atoms with E-state index in [1.807, 2.05) is 0 Å². The Morgan fingerprint density at radius 3 is 2.87 bits per heavy atom. The predicted octanol–water partition coefficient (Wildman–Crippen LogP) is 0.935. The van der Waals surface area contributed by atoms with Gasteiger partial charge in [-0.15, -0.1) is 0 Å². The van der Waals surface area contributed by atoms with Crippen molar-refractivity contribution < 1.29 is 14.3 Å². The molecule has 0 aromatic carbocycles. The van der Waals surface area contributed by atoms with Gasteiger partial charge in [0, 0.05) is 6.42 Å². The van der Waals surface area contributed by atoms with Crippen LogP contribution in [0, 0.1) is 0 Å². The maximum absolute atomic E-state index is 11.4. The lowest BCUT2D eigenvalue weighted by atomic mass is 10.3. The molecule has 0 unspecified atom stereocenters. The van der Waals surface area contributed by atoms with Crippen molar-refractivity contribution in [2.24, 2.45) is 0 Å². The average Bonchev–Trinajstić information content (AvgIpc) is 2.66. The van der Waals surface area contributed by atoms with Crippen LogP contribution < -0.4 is 5.32 Å². The van der Waals surface area contributed by atoms with Crippen LogP contribution >= 0.6 is 0 Å². The first-order valence-corrected chi connectivity index (χ1v) is 4.69. The normalized spacial score (nSPS) is 9.73. The van der Waals surface area contributed by atoms with Crippen molar-refractivity contribution in [2.75, 3.05) is 11.9 Å². The van der Waals surface area contributed by atoms with Crippen LogP contribution in [0.1, 0.15) is 30.6 Å². The van der Waals surface area contributed by atoms with Crippen molar-refractivity contribution in [2.45, 2.75) is 20.3 Å². The molecule has 0 bridgehead atoms. The van der Waals surface area contributed by atoms with E-state index in [1.165, 1.54) is 6.20 Å². The molecule has 1 rings (SSSR count). The molecule has 1 amide bonds. The molecule has 82 valence electrons. The van der Waals surface area contributed by atoms with Gasteiger partial charge in [0.15, 0.2) is 0 Å². The summed E-state index contributed by atoms with van der Waals surface area (Å²) in [5.41, 5.74) is 0.235. The van der Waals surface area contributed by atoms with Crippen LogP contribution in [0.15, 0.2) is 6.20 Å². The molecule has 6 nitrogen and oxygen atoms in total. The number of hydrogen-bond donors (Lipinski definition) is 2. The number of aromatic nitrogens is 2. The molecule has 0 aliphatic heterocycles. The highest BCUT2D eigenvalue weighted by molar-refractivity contribution is 5.99. The second-order valence-corrected chi connectivity index (χ2v) is 2.78. The largest absolute Gasteiger partial charge is 0.462 e. The van der Waals surface area contributed by atoms with E-state index in [0.29, 0.717) is 6.42 Å². The summed E-state index contributed by atoms with van der Waals surface area (Å²) >= 11 is 0. The van der Waals surface area contributed by atoms with E-state index in [0.717, 1.165) is 0 Å². The van der Waals surface area contributed by atoms with Crippen LogP contribution in [-0.2, 0) is 9.53 Å². The molecule has 1 heterocycles. The van der Waals surface area contributed by atoms with E-state index in [4.69, 9.17) is 4.74 Å². The highest BCUT2D eigenvalue weighted by atomic mass is 16.5. The molecule has 0 radical (unpaired) electrons. The molecule has 0 atom stereocenters. The Hall–Kier alpha value is -1.85. The first kappa shape index (κ1) is 11.2. The Balaban J connectivity index is 2.77. The van der Waals surface area contributed by atoms with E-state index in [9.17, 15) is 9.59 Å². The van der Waals surface area contributed by atoms with E-state index in [1.54, 1.807) is 13.8 Å². The van der Waals surface area contributed by atoms with Crippen LogP contribution in [0.5, 0.6) is 0 Å². The highest BCUT2D eigenvalue weighted by Crippen LogP contribution is 2.12. The summed E-state index contributed by atoms with van der Waals surface area (Å²) in [6, 6.07) is 0. The second kappa shape index (κ2) is 5.14. The Morgan fingerprint density at radius 1 is 1.53 bits per heavy atom. The van der Waals surface area contributed by atoms with Crippen LogP contribution in [0.3, 0.4) is 0 Å². The third-order valence-electron chi connectivity index (χ3n) is 1.72. The van der Waals surface area contributed by atoms with Gasteiger partial charge in [-0.2, -0.15) is 5.10 Å². The Kier molecular flexibility index (Phi) is 3.84. The smallest absolute Gasteiger partial charge is 0.343 e. The van der Waals surface area contributed by atoms with Crippen molar-refractivity contribution in [3.05, 3.63) is 11.8 Å². The van der Waals surface area contributed by atoms with Gasteiger partial charge >= 0.3 is 5.97 Å². The zero-order valence-electron chi connectivity index (χ0n) is 8.66. The van der Waals surface area contributed by atoms with E-state index in [2.05, 4.69) is 15.5 Å². The number of amides is 1. The summed E-state index contributed by atoms with van der Waals surface area (Å²) in [7, 11) is 0. The lowest BCUT2D eigenvalue weighted by molar-refractivity contribution is -0.115. The number of nitrogens with zero attached hydrogens (tertiary/aromatic N) is 1. The van der Waals surface area contributed by atoms with Crippen LogP contribution in [0.4, 0.5) is 5.82 Å². The topological polar surface area (TPSA) is 84.1 Å². The average molecular weight is 211 g/mol. The number of aromatic amines is 1. The SMILES string of the molecule is CCOC(=O)c1cn[nH]c1NC(=O)CC. The van der Waals surface area contributed by atoms with E-state index < -0.39 is 5.97 Å². The van der Waals surface area contributed by atoms with Gasteiger partial charge in [0.25, 0.3) is 0 Å². The zero-order valence-corrected chi connectivity index (χ0v) is 8.66. The molecular formula is C9H13N3O3.